The highest BCUT2D eigenvalue weighted by Crippen LogP contribution is 2.31. The maximum Gasteiger partial charge on any atom is 0.337 e. The molecule has 3 nitrogen and oxygen atoms in total. The second-order valence-electron chi connectivity index (χ2n) is 3.18. The fraction of sp³-hybridized carbons (Fsp3) is 0.200. The molecule has 1 N–H and O–H groups in total. The van der Waals surface area contributed by atoms with Gasteiger partial charge in [-0.15, -0.1) is 0 Å². The van der Waals surface area contributed by atoms with Gasteiger partial charge in [-0.25, -0.2) is 4.79 Å². The molecule has 1 aliphatic rings. The number of hydrogen-bond acceptors (Lipinski definition) is 2. The molecule has 1 aromatic carbocycles. The van der Waals surface area contributed by atoms with E-state index >= 15 is 0 Å². The highest BCUT2D eigenvalue weighted by molar-refractivity contribution is 6.35. The number of rotatable bonds is 1. The van der Waals surface area contributed by atoms with Gasteiger partial charge in [-0.2, -0.15) is 0 Å². The molecular formula is C10H7ClO3. The molecule has 0 spiro atoms. The first-order valence-corrected chi connectivity index (χ1v) is 4.57. The lowest BCUT2D eigenvalue weighted by molar-refractivity contribution is 0.0696. The Morgan fingerprint density at radius 2 is 2.07 bits per heavy atom. The summed E-state index contributed by atoms with van der Waals surface area (Å²) in [6.45, 7) is 0. The molecule has 14 heavy (non-hydrogen) atoms. The maximum atomic E-state index is 11.3. The number of Topliss-reactive ketones (excluding diaryl/α,β-unsaturated/α-hetero) is 1. The quantitative estimate of drug-likeness (QED) is 0.773. The molecule has 0 saturated carbocycles. The number of aromatic carboxylic acids is 1. The smallest absolute Gasteiger partial charge is 0.337 e. The molecule has 0 aromatic heterocycles. The second kappa shape index (κ2) is 3.10. The van der Waals surface area contributed by atoms with Crippen molar-refractivity contribution in [2.45, 2.75) is 12.8 Å². The predicted molar refractivity (Wildman–Crippen MR) is 51.1 cm³/mol. The van der Waals surface area contributed by atoms with E-state index < -0.39 is 5.97 Å². The van der Waals surface area contributed by atoms with E-state index in [0.717, 1.165) is 0 Å². The number of carboxylic acids is 1. The number of hydrogen-bond donors (Lipinski definition) is 1. The van der Waals surface area contributed by atoms with Gasteiger partial charge in [0.05, 0.1) is 10.6 Å². The monoisotopic (exact) mass is 210 g/mol. The number of carbonyl (C=O) groups excluding carboxylic acids is 1. The van der Waals surface area contributed by atoms with Crippen molar-refractivity contribution in [2.24, 2.45) is 0 Å². The lowest BCUT2D eigenvalue weighted by atomic mass is 10.1. The van der Waals surface area contributed by atoms with Crippen molar-refractivity contribution < 1.29 is 14.7 Å². The number of fused-ring (bicyclic) bond motifs is 1. The van der Waals surface area contributed by atoms with Crippen molar-refractivity contribution >= 4 is 23.4 Å². The van der Waals surface area contributed by atoms with Crippen LogP contribution in [0.5, 0.6) is 0 Å². The summed E-state index contributed by atoms with van der Waals surface area (Å²) in [4.78, 5) is 22.0. The van der Waals surface area contributed by atoms with Crippen LogP contribution < -0.4 is 0 Å². The van der Waals surface area contributed by atoms with Gasteiger partial charge in [-0.05, 0) is 18.1 Å². The van der Waals surface area contributed by atoms with Crippen LogP contribution in [0.1, 0.15) is 32.7 Å². The first kappa shape index (κ1) is 9.21. The Kier molecular flexibility index (Phi) is 2.04. The molecular weight excluding hydrogens is 204 g/mol. The summed E-state index contributed by atoms with van der Waals surface area (Å²) in [5.74, 6) is -1.02. The Hall–Kier alpha value is -1.35. The van der Waals surface area contributed by atoms with Crippen LogP contribution in [0.3, 0.4) is 0 Å². The van der Waals surface area contributed by atoms with Crippen molar-refractivity contribution in [3.8, 4) is 0 Å². The van der Waals surface area contributed by atoms with Crippen LogP contribution in [0.4, 0.5) is 0 Å². The minimum Gasteiger partial charge on any atom is -0.478 e. The summed E-state index contributed by atoms with van der Waals surface area (Å²) in [6.07, 6.45) is 0.978. The Bertz CT molecular complexity index is 437. The number of benzene rings is 1. The normalized spacial score (nSPS) is 14.2. The average Bonchev–Trinajstić information content (AvgIpc) is 2.49. The zero-order chi connectivity index (χ0) is 10.3. The van der Waals surface area contributed by atoms with Crippen LogP contribution in [0.2, 0.25) is 5.02 Å². The van der Waals surface area contributed by atoms with E-state index in [1.807, 2.05) is 0 Å². The largest absolute Gasteiger partial charge is 0.478 e. The molecule has 4 heteroatoms. The van der Waals surface area contributed by atoms with E-state index in [2.05, 4.69) is 0 Å². The van der Waals surface area contributed by atoms with Gasteiger partial charge in [0.1, 0.15) is 0 Å². The summed E-state index contributed by atoms with van der Waals surface area (Å²) in [7, 11) is 0. The highest BCUT2D eigenvalue weighted by atomic mass is 35.5. The zero-order valence-electron chi connectivity index (χ0n) is 7.21. The van der Waals surface area contributed by atoms with Gasteiger partial charge in [-0.1, -0.05) is 17.7 Å². The molecule has 0 bridgehead atoms. The molecule has 72 valence electrons. The van der Waals surface area contributed by atoms with E-state index in [-0.39, 0.29) is 16.4 Å². The van der Waals surface area contributed by atoms with Gasteiger partial charge in [0.25, 0.3) is 0 Å². The molecule has 0 aliphatic heterocycles. The summed E-state index contributed by atoms with van der Waals surface area (Å²) >= 11 is 5.88. The van der Waals surface area contributed by atoms with Crippen LogP contribution in [-0.4, -0.2) is 16.9 Å². The lowest BCUT2D eigenvalue weighted by Gasteiger charge is -2.03. The number of carboxylic acid groups (broad SMARTS) is 1. The minimum atomic E-state index is -1.06. The Morgan fingerprint density at radius 1 is 1.36 bits per heavy atom. The SMILES string of the molecule is O=C(O)c1ccc2c(c1Cl)CCC2=O. The molecule has 0 atom stereocenters. The van der Waals surface area contributed by atoms with Crippen molar-refractivity contribution in [2.75, 3.05) is 0 Å². The van der Waals surface area contributed by atoms with Crippen LogP contribution >= 0.6 is 11.6 Å². The summed E-state index contributed by atoms with van der Waals surface area (Å²) in [5.41, 5.74) is 1.32. The fourth-order valence-electron chi connectivity index (χ4n) is 1.67. The van der Waals surface area contributed by atoms with Gasteiger partial charge in [0.2, 0.25) is 0 Å². The molecule has 0 amide bonds. The van der Waals surface area contributed by atoms with E-state index in [9.17, 15) is 9.59 Å². The summed E-state index contributed by atoms with van der Waals surface area (Å²) in [5, 5.41) is 9.00. The van der Waals surface area contributed by atoms with Gasteiger partial charge < -0.3 is 5.11 Å². The number of carbonyl (C=O) groups is 2. The van der Waals surface area contributed by atoms with Crippen LogP contribution in [0, 0.1) is 0 Å². The van der Waals surface area contributed by atoms with Gasteiger partial charge in [-0.3, -0.25) is 4.79 Å². The minimum absolute atomic E-state index is 0.0406. The third-order valence-electron chi connectivity index (χ3n) is 2.38. The first-order chi connectivity index (χ1) is 6.61. The van der Waals surface area contributed by atoms with Gasteiger partial charge in [0.15, 0.2) is 5.78 Å². The molecule has 0 heterocycles. The van der Waals surface area contributed by atoms with E-state index in [1.54, 1.807) is 6.07 Å². The second-order valence-corrected chi connectivity index (χ2v) is 3.56. The van der Waals surface area contributed by atoms with Crippen LogP contribution in [-0.2, 0) is 6.42 Å². The molecule has 0 unspecified atom stereocenters. The summed E-state index contributed by atoms with van der Waals surface area (Å²) in [6, 6.07) is 2.92. The molecule has 2 rings (SSSR count). The summed E-state index contributed by atoms with van der Waals surface area (Å²) < 4.78 is 0. The molecule has 0 saturated heterocycles. The standard InChI is InChI=1S/C10H7ClO3/c11-9-6-3-4-8(12)5(6)1-2-7(9)10(13)14/h1-2H,3-4H2,(H,13,14). The van der Waals surface area contributed by atoms with Crippen LogP contribution in [0.25, 0.3) is 0 Å². The molecule has 0 fully saturated rings. The third kappa shape index (κ3) is 1.21. The van der Waals surface area contributed by atoms with Crippen molar-refractivity contribution in [1.82, 2.24) is 0 Å². The van der Waals surface area contributed by atoms with Gasteiger partial charge in [0, 0.05) is 12.0 Å². The first-order valence-electron chi connectivity index (χ1n) is 4.19. The maximum absolute atomic E-state index is 11.3. The third-order valence-corrected chi connectivity index (χ3v) is 2.81. The fourth-order valence-corrected chi connectivity index (χ4v) is 2.01. The van der Waals surface area contributed by atoms with Crippen molar-refractivity contribution in [3.05, 3.63) is 33.8 Å². The number of halogens is 1. The predicted octanol–water partition coefficient (Wildman–Crippen LogP) is 2.17. The molecule has 0 radical (unpaired) electrons. The zero-order valence-corrected chi connectivity index (χ0v) is 7.97. The highest BCUT2D eigenvalue weighted by Gasteiger charge is 2.24. The molecule has 1 aromatic rings. The van der Waals surface area contributed by atoms with Gasteiger partial charge >= 0.3 is 5.97 Å². The number of ketones is 1. The van der Waals surface area contributed by atoms with Crippen molar-refractivity contribution in [3.63, 3.8) is 0 Å². The van der Waals surface area contributed by atoms with E-state index in [4.69, 9.17) is 16.7 Å². The Labute approximate surface area is 85.3 Å². The average molecular weight is 211 g/mol. The topological polar surface area (TPSA) is 54.4 Å². The van der Waals surface area contributed by atoms with E-state index in [1.165, 1.54) is 6.07 Å². The Balaban J connectivity index is 2.64. The molecule has 1 aliphatic carbocycles. The van der Waals surface area contributed by atoms with Crippen molar-refractivity contribution in [1.29, 1.82) is 0 Å². The Morgan fingerprint density at radius 3 is 2.71 bits per heavy atom. The van der Waals surface area contributed by atoms with E-state index in [0.29, 0.717) is 24.0 Å². The lowest BCUT2D eigenvalue weighted by Crippen LogP contribution is -2.00. The van der Waals surface area contributed by atoms with Crippen LogP contribution in [0.15, 0.2) is 12.1 Å².